The molecule has 0 aromatic heterocycles. The molecule has 1 N–H and O–H groups in total. The summed E-state index contributed by atoms with van der Waals surface area (Å²) >= 11 is 0. The van der Waals surface area contributed by atoms with E-state index in [0.717, 1.165) is 11.3 Å². The molecule has 0 aliphatic rings. The van der Waals surface area contributed by atoms with Crippen molar-refractivity contribution in [3.8, 4) is 5.75 Å². The van der Waals surface area contributed by atoms with Crippen LogP contribution in [-0.4, -0.2) is 5.11 Å². The summed E-state index contributed by atoms with van der Waals surface area (Å²) in [5.74, 6) is 0.146. The Morgan fingerprint density at radius 2 is 1.22 bits per heavy atom. The molecular formula is C20H26N2O. The topological polar surface area (TPSA) is 45.0 Å². The summed E-state index contributed by atoms with van der Waals surface area (Å²) in [5, 5.41) is 18.4. The predicted octanol–water partition coefficient (Wildman–Crippen LogP) is 6.40. The zero-order valence-corrected chi connectivity index (χ0v) is 14.9. The van der Waals surface area contributed by atoms with E-state index in [4.69, 9.17) is 0 Å². The van der Waals surface area contributed by atoms with E-state index >= 15 is 0 Å². The van der Waals surface area contributed by atoms with Crippen LogP contribution in [0, 0.1) is 0 Å². The third-order valence-electron chi connectivity index (χ3n) is 3.85. The van der Waals surface area contributed by atoms with Crippen molar-refractivity contribution < 1.29 is 5.11 Å². The lowest BCUT2D eigenvalue weighted by atomic mass is 9.87. The lowest BCUT2D eigenvalue weighted by Gasteiger charge is -2.19. The number of nitrogens with zero attached hydrogens (tertiary/aromatic N) is 2. The molecule has 0 fully saturated rings. The van der Waals surface area contributed by atoms with Crippen LogP contribution in [0.3, 0.4) is 0 Å². The molecule has 2 aromatic carbocycles. The van der Waals surface area contributed by atoms with Gasteiger partial charge >= 0.3 is 0 Å². The summed E-state index contributed by atoms with van der Waals surface area (Å²) in [5.41, 5.74) is 3.78. The Kier molecular flexibility index (Phi) is 4.60. The van der Waals surface area contributed by atoms with Crippen LogP contribution in [0.5, 0.6) is 5.75 Å². The minimum atomic E-state index is 0.00628. The first kappa shape index (κ1) is 17.2. The van der Waals surface area contributed by atoms with Gasteiger partial charge in [0.1, 0.15) is 11.4 Å². The first-order valence-electron chi connectivity index (χ1n) is 7.93. The van der Waals surface area contributed by atoms with Gasteiger partial charge in [0.15, 0.2) is 0 Å². The molecule has 0 heterocycles. The van der Waals surface area contributed by atoms with Crippen molar-refractivity contribution >= 4 is 11.4 Å². The van der Waals surface area contributed by atoms with E-state index in [1.165, 1.54) is 5.56 Å². The Bertz CT molecular complexity index is 702. The third-order valence-corrected chi connectivity index (χ3v) is 3.85. The van der Waals surface area contributed by atoms with Gasteiger partial charge in [-0.1, -0.05) is 59.7 Å². The molecule has 0 aliphatic carbocycles. The monoisotopic (exact) mass is 310 g/mol. The quantitative estimate of drug-likeness (QED) is 0.640. The summed E-state index contributed by atoms with van der Waals surface area (Å²) in [6, 6.07) is 13.5. The summed E-state index contributed by atoms with van der Waals surface area (Å²) in [6.07, 6.45) is 0. The lowest BCUT2D eigenvalue weighted by Crippen LogP contribution is -2.10. The molecule has 0 saturated carbocycles. The molecule has 0 bridgehead atoms. The SMILES string of the molecule is CC(C)(C)c1ccc(/N=N/c2cc(C(C)(C)C)ccc2O)cc1. The maximum Gasteiger partial charge on any atom is 0.143 e. The third kappa shape index (κ3) is 4.41. The van der Waals surface area contributed by atoms with Gasteiger partial charge in [0.25, 0.3) is 0 Å². The Morgan fingerprint density at radius 3 is 1.74 bits per heavy atom. The van der Waals surface area contributed by atoms with Gasteiger partial charge in [0.05, 0.1) is 5.69 Å². The van der Waals surface area contributed by atoms with Crippen molar-refractivity contribution in [1.29, 1.82) is 0 Å². The molecule has 0 aliphatic heterocycles. The van der Waals surface area contributed by atoms with Gasteiger partial charge in [-0.2, -0.15) is 5.11 Å². The Morgan fingerprint density at radius 1 is 0.696 bits per heavy atom. The maximum atomic E-state index is 9.98. The highest BCUT2D eigenvalue weighted by Gasteiger charge is 2.15. The van der Waals surface area contributed by atoms with E-state index in [0.29, 0.717) is 5.69 Å². The number of aromatic hydroxyl groups is 1. The Hall–Kier alpha value is -2.16. The van der Waals surface area contributed by atoms with Crippen LogP contribution in [0.2, 0.25) is 0 Å². The van der Waals surface area contributed by atoms with Crippen molar-refractivity contribution in [3.63, 3.8) is 0 Å². The summed E-state index contributed by atoms with van der Waals surface area (Å²) in [6.45, 7) is 12.9. The molecule has 0 saturated heterocycles. The summed E-state index contributed by atoms with van der Waals surface area (Å²) in [4.78, 5) is 0. The average molecular weight is 310 g/mol. The minimum Gasteiger partial charge on any atom is -0.506 e. The van der Waals surface area contributed by atoms with Gasteiger partial charge in [-0.15, -0.1) is 5.11 Å². The van der Waals surface area contributed by atoms with Crippen LogP contribution in [0.1, 0.15) is 52.7 Å². The number of hydrogen-bond acceptors (Lipinski definition) is 3. The lowest BCUT2D eigenvalue weighted by molar-refractivity contribution is 0.475. The maximum absolute atomic E-state index is 9.98. The van der Waals surface area contributed by atoms with Crippen LogP contribution in [0.4, 0.5) is 11.4 Å². The normalized spacial score (nSPS) is 12.8. The highest BCUT2D eigenvalue weighted by molar-refractivity contribution is 5.54. The fraction of sp³-hybridized carbons (Fsp3) is 0.400. The number of benzene rings is 2. The van der Waals surface area contributed by atoms with E-state index in [1.807, 2.05) is 24.3 Å². The second-order valence-corrected chi connectivity index (χ2v) is 7.95. The van der Waals surface area contributed by atoms with Gasteiger partial charge in [-0.05, 0) is 46.2 Å². The standard InChI is InChI=1S/C20H26N2O/c1-19(2,3)14-7-10-16(11-8-14)21-22-17-13-15(20(4,5)6)9-12-18(17)23/h7-13,23H,1-6H3/b22-21+. The van der Waals surface area contributed by atoms with Crippen LogP contribution in [-0.2, 0) is 10.8 Å². The van der Waals surface area contributed by atoms with Crippen LogP contribution >= 0.6 is 0 Å². The number of azo groups is 1. The zero-order valence-electron chi connectivity index (χ0n) is 14.9. The van der Waals surface area contributed by atoms with E-state index in [-0.39, 0.29) is 16.6 Å². The number of hydrogen-bond donors (Lipinski definition) is 1. The highest BCUT2D eigenvalue weighted by atomic mass is 16.3. The van der Waals surface area contributed by atoms with Crippen molar-refractivity contribution in [3.05, 3.63) is 53.6 Å². The first-order chi connectivity index (χ1) is 10.6. The molecule has 0 unspecified atom stereocenters. The fourth-order valence-electron chi connectivity index (χ4n) is 2.21. The molecule has 0 atom stereocenters. The van der Waals surface area contributed by atoms with Crippen LogP contribution in [0.25, 0.3) is 0 Å². The molecule has 23 heavy (non-hydrogen) atoms. The zero-order chi connectivity index (χ0) is 17.3. The second kappa shape index (κ2) is 6.15. The van der Waals surface area contributed by atoms with Gasteiger partial charge in [-0.25, -0.2) is 0 Å². The van der Waals surface area contributed by atoms with E-state index in [9.17, 15) is 5.11 Å². The van der Waals surface area contributed by atoms with Crippen LogP contribution in [0.15, 0.2) is 52.7 Å². The molecular weight excluding hydrogens is 284 g/mol. The fourth-order valence-corrected chi connectivity index (χ4v) is 2.21. The van der Waals surface area contributed by atoms with Gasteiger partial charge < -0.3 is 5.11 Å². The molecule has 0 spiro atoms. The molecule has 2 rings (SSSR count). The van der Waals surface area contributed by atoms with Crippen LogP contribution < -0.4 is 0 Å². The molecule has 0 amide bonds. The number of phenolic OH excluding ortho intramolecular Hbond substituents is 1. The minimum absolute atomic E-state index is 0.00628. The summed E-state index contributed by atoms with van der Waals surface area (Å²) < 4.78 is 0. The highest BCUT2D eigenvalue weighted by Crippen LogP contribution is 2.34. The van der Waals surface area contributed by atoms with Crippen molar-refractivity contribution in [2.45, 2.75) is 52.4 Å². The largest absolute Gasteiger partial charge is 0.506 e. The summed E-state index contributed by atoms with van der Waals surface area (Å²) in [7, 11) is 0. The van der Waals surface area contributed by atoms with E-state index in [2.05, 4.69) is 63.9 Å². The average Bonchev–Trinajstić information content (AvgIpc) is 2.44. The number of phenols is 1. The predicted molar refractivity (Wildman–Crippen MR) is 96.1 cm³/mol. The van der Waals surface area contributed by atoms with Gasteiger partial charge in [0, 0.05) is 0 Å². The first-order valence-corrected chi connectivity index (χ1v) is 7.93. The van der Waals surface area contributed by atoms with Crippen molar-refractivity contribution in [1.82, 2.24) is 0 Å². The number of rotatable bonds is 2. The molecule has 0 radical (unpaired) electrons. The molecule has 3 nitrogen and oxygen atoms in total. The van der Waals surface area contributed by atoms with Gasteiger partial charge in [-0.3, -0.25) is 0 Å². The smallest absolute Gasteiger partial charge is 0.143 e. The Labute approximate surface area is 139 Å². The molecule has 3 heteroatoms. The van der Waals surface area contributed by atoms with Crippen molar-refractivity contribution in [2.75, 3.05) is 0 Å². The molecule has 122 valence electrons. The van der Waals surface area contributed by atoms with Gasteiger partial charge in [0.2, 0.25) is 0 Å². The van der Waals surface area contributed by atoms with Crippen molar-refractivity contribution in [2.24, 2.45) is 10.2 Å². The molecule has 2 aromatic rings. The van der Waals surface area contributed by atoms with E-state index < -0.39 is 0 Å². The van der Waals surface area contributed by atoms with E-state index in [1.54, 1.807) is 6.07 Å². The second-order valence-electron chi connectivity index (χ2n) is 7.95. The Balaban J connectivity index is 2.26.